The minimum absolute atomic E-state index is 0.0856. The van der Waals surface area contributed by atoms with Gasteiger partial charge in [-0.15, -0.1) is 0 Å². The Balaban J connectivity index is 2.81. The molecular formula is C4H7N3OS. The van der Waals surface area contributed by atoms with Crippen molar-refractivity contribution in [2.45, 2.75) is 6.42 Å². The van der Waals surface area contributed by atoms with Crippen LogP contribution in [0.4, 0.5) is 0 Å². The van der Waals surface area contributed by atoms with Crippen LogP contribution in [0.25, 0.3) is 0 Å². The molecule has 0 aliphatic carbocycles. The van der Waals surface area contributed by atoms with Gasteiger partial charge in [0.1, 0.15) is 10.3 Å². The Morgan fingerprint density at radius 1 is 1.67 bits per heavy atom. The molecule has 0 aliphatic heterocycles. The lowest BCUT2D eigenvalue weighted by atomic mass is 10.4. The van der Waals surface area contributed by atoms with Crippen LogP contribution < -0.4 is 0 Å². The molecule has 1 aromatic heterocycles. The Hall–Kier alpha value is -0.680. The second-order valence-corrected chi connectivity index (χ2v) is 2.01. The summed E-state index contributed by atoms with van der Waals surface area (Å²) in [5.74, 6) is 0. The van der Waals surface area contributed by atoms with Gasteiger partial charge >= 0.3 is 0 Å². The molecule has 0 aliphatic rings. The first-order valence-corrected chi connectivity index (χ1v) is 2.98. The number of aromatic amines is 2. The van der Waals surface area contributed by atoms with Crippen LogP contribution in [0.2, 0.25) is 0 Å². The highest BCUT2D eigenvalue weighted by Crippen LogP contribution is 1.92. The number of aliphatic hydroxyl groups is 1. The normalized spacial score (nSPS) is 9.89. The second-order valence-electron chi connectivity index (χ2n) is 1.60. The van der Waals surface area contributed by atoms with Gasteiger partial charge in [0.2, 0.25) is 0 Å². The minimum Gasteiger partial charge on any atom is -0.396 e. The molecule has 0 aromatic carbocycles. The fourth-order valence-electron chi connectivity index (χ4n) is 0.544. The second kappa shape index (κ2) is 2.75. The lowest BCUT2D eigenvalue weighted by molar-refractivity contribution is 0.298. The summed E-state index contributed by atoms with van der Waals surface area (Å²) < 4.78 is 0.573. The Morgan fingerprint density at radius 3 is 2.89 bits per heavy atom. The van der Waals surface area contributed by atoms with Crippen molar-refractivity contribution in [3.05, 3.63) is 10.3 Å². The molecule has 9 heavy (non-hydrogen) atoms. The molecule has 0 saturated heterocycles. The molecule has 1 aromatic rings. The summed E-state index contributed by atoms with van der Waals surface area (Å²) in [6, 6.07) is 0. The highest BCUT2D eigenvalue weighted by atomic mass is 32.1. The van der Waals surface area contributed by atoms with E-state index in [0.29, 0.717) is 16.8 Å². The number of aliphatic hydroxyl groups excluding tert-OH is 1. The molecule has 0 radical (unpaired) electrons. The van der Waals surface area contributed by atoms with E-state index >= 15 is 0 Å². The van der Waals surface area contributed by atoms with Gasteiger partial charge in [-0.1, -0.05) is 12.2 Å². The van der Waals surface area contributed by atoms with E-state index in [2.05, 4.69) is 15.4 Å². The summed E-state index contributed by atoms with van der Waals surface area (Å²) in [5.41, 5.74) is 0.715. The number of hydrogen-bond donors (Lipinski definition) is 3. The Bertz CT molecular complexity index is 228. The Morgan fingerprint density at radius 2 is 2.44 bits per heavy atom. The van der Waals surface area contributed by atoms with Crippen molar-refractivity contribution in [2.24, 2.45) is 0 Å². The first-order chi connectivity index (χ1) is 4.34. The van der Waals surface area contributed by atoms with Crippen LogP contribution in [-0.4, -0.2) is 27.1 Å². The highest BCUT2D eigenvalue weighted by Gasteiger charge is 1.94. The van der Waals surface area contributed by atoms with E-state index in [9.17, 15) is 0 Å². The quantitative estimate of drug-likeness (QED) is 0.513. The van der Waals surface area contributed by atoms with E-state index in [0.717, 1.165) is 0 Å². The van der Waals surface area contributed by atoms with Gasteiger partial charge in [-0.05, 0) is 0 Å². The molecule has 0 amide bonds. The van der Waals surface area contributed by atoms with Gasteiger partial charge in [-0.2, -0.15) is 5.10 Å². The van der Waals surface area contributed by atoms with E-state index in [-0.39, 0.29) is 6.61 Å². The number of hydrogen-bond acceptors (Lipinski definition) is 3. The monoisotopic (exact) mass is 145 g/mol. The summed E-state index contributed by atoms with van der Waals surface area (Å²) in [6.07, 6.45) is 0.513. The molecule has 0 spiro atoms. The zero-order chi connectivity index (χ0) is 6.69. The summed E-state index contributed by atoms with van der Waals surface area (Å²) in [5, 5.41) is 17.3. The number of H-pyrrole nitrogens is 2. The Kier molecular flexibility index (Phi) is 1.96. The van der Waals surface area contributed by atoms with Gasteiger partial charge in [-0.3, -0.25) is 5.10 Å². The van der Waals surface area contributed by atoms with Crippen LogP contribution in [-0.2, 0) is 6.42 Å². The van der Waals surface area contributed by atoms with Crippen LogP contribution in [0.15, 0.2) is 0 Å². The first kappa shape index (κ1) is 6.44. The van der Waals surface area contributed by atoms with Gasteiger partial charge in [0.15, 0.2) is 0 Å². The first-order valence-electron chi connectivity index (χ1n) is 2.57. The SMILES string of the molecule is OCCc1n[nH][nH]c1=S. The third-order valence-corrected chi connectivity index (χ3v) is 1.31. The molecule has 0 unspecified atom stereocenters. The number of rotatable bonds is 2. The van der Waals surface area contributed by atoms with Crippen LogP contribution >= 0.6 is 12.2 Å². The summed E-state index contributed by atoms with van der Waals surface area (Å²) >= 11 is 4.79. The fourth-order valence-corrected chi connectivity index (χ4v) is 0.738. The van der Waals surface area contributed by atoms with Crippen LogP contribution in [0.1, 0.15) is 5.69 Å². The predicted octanol–water partition coefficient (Wildman–Crippen LogP) is 0.00209. The summed E-state index contributed by atoms with van der Waals surface area (Å²) in [4.78, 5) is 0. The van der Waals surface area contributed by atoms with E-state index in [1.807, 2.05) is 0 Å². The molecule has 3 N–H and O–H groups in total. The van der Waals surface area contributed by atoms with Crippen molar-refractivity contribution in [1.82, 2.24) is 15.4 Å². The van der Waals surface area contributed by atoms with E-state index in [1.54, 1.807) is 0 Å². The standard InChI is InChI=1S/C4H7N3OS/c8-2-1-3-4(9)6-7-5-3/h8H,1-2H2,(H2,5,6,7,9). The van der Waals surface area contributed by atoms with Crippen LogP contribution in [0, 0.1) is 4.64 Å². The van der Waals surface area contributed by atoms with E-state index in [1.165, 1.54) is 0 Å². The molecule has 4 nitrogen and oxygen atoms in total. The molecule has 0 fully saturated rings. The van der Waals surface area contributed by atoms with Gasteiger partial charge in [0, 0.05) is 13.0 Å². The van der Waals surface area contributed by atoms with Crippen molar-refractivity contribution >= 4 is 12.2 Å². The van der Waals surface area contributed by atoms with Gasteiger partial charge in [-0.25, -0.2) is 5.21 Å². The van der Waals surface area contributed by atoms with Gasteiger partial charge in [0.25, 0.3) is 0 Å². The largest absolute Gasteiger partial charge is 0.396 e. The minimum atomic E-state index is 0.0856. The molecule has 0 bridgehead atoms. The average molecular weight is 145 g/mol. The fraction of sp³-hybridized carbons (Fsp3) is 0.500. The molecule has 0 saturated carbocycles. The Labute approximate surface area is 56.9 Å². The van der Waals surface area contributed by atoms with Crippen molar-refractivity contribution in [2.75, 3.05) is 6.61 Å². The molecule has 1 heterocycles. The predicted molar refractivity (Wildman–Crippen MR) is 34.6 cm³/mol. The highest BCUT2D eigenvalue weighted by molar-refractivity contribution is 7.71. The van der Waals surface area contributed by atoms with Crippen LogP contribution in [0.5, 0.6) is 0 Å². The smallest absolute Gasteiger partial charge is 0.142 e. The van der Waals surface area contributed by atoms with Crippen molar-refractivity contribution in [1.29, 1.82) is 0 Å². The van der Waals surface area contributed by atoms with Crippen molar-refractivity contribution in [3.63, 3.8) is 0 Å². The summed E-state index contributed by atoms with van der Waals surface area (Å²) in [7, 11) is 0. The zero-order valence-electron chi connectivity index (χ0n) is 4.72. The lowest BCUT2D eigenvalue weighted by Crippen LogP contribution is -1.90. The molecule has 1 rings (SSSR count). The molecule has 5 heteroatoms. The number of nitrogens with zero attached hydrogens (tertiary/aromatic N) is 1. The molecular weight excluding hydrogens is 138 g/mol. The molecule has 0 atom stereocenters. The third kappa shape index (κ3) is 1.36. The van der Waals surface area contributed by atoms with Gasteiger partial charge in [0.05, 0.1) is 0 Å². The molecule has 50 valence electrons. The third-order valence-electron chi connectivity index (χ3n) is 0.971. The van der Waals surface area contributed by atoms with E-state index in [4.69, 9.17) is 17.3 Å². The van der Waals surface area contributed by atoms with Crippen molar-refractivity contribution < 1.29 is 5.11 Å². The van der Waals surface area contributed by atoms with Crippen LogP contribution in [0.3, 0.4) is 0 Å². The number of nitrogens with one attached hydrogen (secondary N) is 2. The lowest BCUT2D eigenvalue weighted by Gasteiger charge is -1.83. The topological polar surface area (TPSA) is 64.7 Å². The van der Waals surface area contributed by atoms with Gasteiger partial charge < -0.3 is 5.11 Å². The number of aromatic nitrogens is 3. The summed E-state index contributed by atoms with van der Waals surface area (Å²) in [6.45, 7) is 0.0856. The maximum absolute atomic E-state index is 8.45. The average Bonchev–Trinajstić information content (AvgIpc) is 2.18. The zero-order valence-corrected chi connectivity index (χ0v) is 5.53. The maximum Gasteiger partial charge on any atom is 0.142 e. The maximum atomic E-state index is 8.45. The van der Waals surface area contributed by atoms with Crippen molar-refractivity contribution in [3.8, 4) is 0 Å². The van der Waals surface area contributed by atoms with E-state index < -0.39 is 0 Å².